The van der Waals surface area contributed by atoms with E-state index in [1.807, 2.05) is 6.92 Å². The molecule has 0 amide bonds. The van der Waals surface area contributed by atoms with Crippen LogP contribution in [-0.2, 0) is 29.2 Å². The molecular weight excluding hydrogens is 590 g/mol. The molecule has 2 aliphatic rings. The van der Waals surface area contributed by atoms with Gasteiger partial charge in [0.1, 0.15) is 11.5 Å². The number of piperidine rings is 1. The zero-order valence-corrected chi connectivity index (χ0v) is 23.6. The molecule has 1 fully saturated rings. The van der Waals surface area contributed by atoms with Crippen LogP contribution in [0.15, 0.2) is 65.6 Å². The highest BCUT2D eigenvalue weighted by atomic mass is 32.2. The summed E-state index contributed by atoms with van der Waals surface area (Å²) in [7, 11) is -4.21. The number of pyridine rings is 1. The van der Waals surface area contributed by atoms with Gasteiger partial charge in [-0.2, -0.15) is 22.6 Å². The van der Waals surface area contributed by atoms with Crippen LogP contribution in [0.5, 0.6) is 0 Å². The molecule has 0 radical (unpaired) electrons. The number of aromatic nitrogens is 6. The van der Waals surface area contributed by atoms with E-state index in [2.05, 4.69) is 20.4 Å². The number of alkyl halides is 3. The fraction of sp³-hybridized carbons (Fsp3) is 0.321. The number of benzene rings is 1. The SMILES string of the molecule is CCCn1cc(S(=O)(=O)N2CCC3=Cc4c(cnn4-c4ccc(F)cc4)C[C@]3(C(=O)c3cc(C(F)(F)F)ccn3)C2)nn1. The quantitative estimate of drug-likeness (QED) is 0.225. The molecule has 1 aliphatic carbocycles. The fourth-order valence-corrected chi connectivity index (χ4v) is 7.04. The minimum Gasteiger partial charge on any atom is -0.291 e. The van der Waals surface area contributed by atoms with Crippen molar-refractivity contribution in [3.8, 4) is 5.69 Å². The molecule has 43 heavy (non-hydrogen) atoms. The lowest BCUT2D eigenvalue weighted by atomic mass is 9.65. The van der Waals surface area contributed by atoms with Gasteiger partial charge in [-0.25, -0.2) is 17.5 Å². The van der Waals surface area contributed by atoms with E-state index in [9.17, 15) is 30.8 Å². The van der Waals surface area contributed by atoms with Crippen molar-refractivity contribution in [2.45, 2.75) is 43.9 Å². The Balaban J connectivity index is 1.45. The molecule has 0 unspecified atom stereocenters. The first-order valence-corrected chi connectivity index (χ1v) is 14.9. The Morgan fingerprint density at radius 3 is 2.63 bits per heavy atom. The Labute approximate surface area is 243 Å². The van der Waals surface area contributed by atoms with E-state index in [4.69, 9.17) is 0 Å². The maximum atomic E-state index is 14.3. The predicted octanol–water partition coefficient (Wildman–Crippen LogP) is 4.33. The van der Waals surface area contributed by atoms with Crippen molar-refractivity contribution in [1.82, 2.24) is 34.1 Å². The normalized spacial score (nSPS) is 19.0. The molecule has 1 saturated heterocycles. The van der Waals surface area contributed by atoms with E-state index >= 15 is 0 Å². The summed E-state index contributed by atoms with van der Waals surface area (Å²) < 4.78 is 85.8. The van der Waals surface area contributed by atoms with Crippen molar-refractivity contribution in [2.75, 3.05) is 13.1 Å². The lowest BCUT2D eigenvalue weighted by Crippen LogP contribution is -2.53. The predicted molar refractivity (Wildman–Crippen MR) is 145 cm³/mol. The van der Waals surface area contributed by atoms with Crippen LogP contribution in [0.25, 0.3) is 11.8 Å². The van der Waals surface area contributed by atoms with Crippen LogP contribution in [-0.4, -0.2) is 61.4 Å². The van der Waals surface area contributed by atoms with Crippen LogP contribution in [0.2, 0.25) is 0 Å². The molecule has 0 spiro atoms. The van der Waals surface area contributed by atoms with Gasteiger partial charge in [-0.15, -0.1) is 5.10 Å². The summed E-state index contributed by atoms with van der Waals surface area (Å²) in [5.41, 5.74) is -0.750. The molecule has 0 saturated carbocycles. The van der Waals surface area contributed by atoms with Crippen LogP contribution in [0, 0.1) is 11.2 Å². The second-order valence-electron chi connectivity index (χ2n) is 10.5. The van der Waals surface area contributed by atoms with Gasteiger partial charge in [-0.1, -0.05) is 17.7 Å². The highest BCUT2D eigenvalue weighted by molar-refractivity contribution is 7.89. The highest BCUT2D eigenvalue weighted by Gasteiger charge is 2.52. The number of sulfonamides is 1. The summed E-state index contributed by atoms with van der Waals surface area (Å²) in [6, 6.07) is 7.12. The molecule has 1 atom stereocenters. The molecule has 1 aliphatic heterocycles. The minimum absolute atomic E-state index is 0.000126. The number of ketones is 1. The number of fused-ring (bicyclic) bond motifs is 2. The standard InChI is InChI=1S/C28H25F4N7O3S/c1-2-10-37-16-25(35-36-37)43(41,42)38-11-8-19-13-24-18(15-34-39(24)22-5-3-21(29)4-6-22)14-27(19,17-38)26(40)23-12-20(7-9-33-23)28(30,31)32/h3-7,9,12-13,15-16H,2,8,10-11,14,17H2,1H3/t27-/m0/s1. The molecule has 1 aromatic carbocycles. The van der Waals surface area contributed by atoms with Gasteiger partial charge < -0.3 is 0 Å². The number of Topliss-reactive ketones (excluding diaryl/α,β-unsaturated/α-hetero) is 1. The molecule has 224 valence electrons. The van der Waals surface area contributed by atoms with Crippen molar-refractivity contribution in [2.24, 2.45) is 5.41 Å². The maximum absolute atomic E-state index is 14.3. The molecule has 0 bridgehead atoms. The third-order valence-corrected chi connectivity index (χ3v) is 9.49. The Morgan fingerprint density at radius 2 is 1.91 bits per heavy atom. The fourth-order valence-electron chi connectivity index (χ4n) is 5.65. The van der Waals surface area contributed by atoms with Crippen LogP contribution in [0.1, 0.15) is 47.1 Å². The molecule has 4 aromatic rings. The van der Waals surface area contributed by atoms with Gasteiger partial charge >= 0.3 is 6.18 Å². The summed E-state index contributed by atoms with van der Waals surface area (Å²) in [5.74, 6) is -1.16. The second kappa shape index (κ2) is 10.5. The van der Waals surface area contributed by atoms with Gasteiger partial charge in [0.15, 0.2) is 5.78 Å². The molecule has 15 heteroatoms. The highest BCUT2D eigenvalue weighted by Crippen LogP contribution is 2.47. The van der Waals surface area contributed by atoms with Gasteiger partial charge in [-0.3, -0.25) is 14.5 Å². The zero-order chi connectivity index (χ0) is 30.6. The number of halogens is 4. The van der Waals surface area contributed by atoms with Gasteiger partial charge in [0, 0.05) is 25.8 Å². The Kier molecular flexibility index (Phi) is 7.04. The van der Waals surface area contributed by atoms with E-state index < -0.39 is 44.5 Å². The van der Waals surface area contributed by atoms with Gasteiger partial charge in [0.25, 0.3) is 10.0 Å². The average molecular weight is 616 g/mol. The zero-order valence-electron chi connectivity index (χ0n) is 22.8. The van der Waals surface area contributed by atoms with Crippen molar-refractivity contribution < 1.29 is 30.8 Å². The Bertz CT molecular complexity index is 1850. The third kappa shape index (κ3) is 5.05. The van der Waals surface area contributed by atoms with Crippen molar-refractivity contribution in [3.05, 3.63) is 88.9 Å². The lowest BCUT2D eigenvalue weighted by Gasteiger charge is -2.44. The molecule has 3 aromatic heterocycles. The largest absolute Gasteiger partial charge is 0.416 e. The van der Waals surface area contributed by atoms with Gasteiger partial charge in [-0.05, 0) is 67.3 Å². The van der Waals surface area contributed by atoms with Crippen LogP contribution in [0.3, 0.4) is 0 Å². The number of nitrogens with zero attached hydrogens (tertiary/aromatic N) is 7. The number of carbonyl (C=O) groups excluding carboxylic acids is 1. The number of aryl methyl sites for hydroxylation is 1. The first-order chi connectivity index (χ1) is 20.4. The topological polar surface area (TPSA) is 116 Å². The molecular formula is C28H25F4N7O3S. The van der Waals surface area contributed by atoms with Crippen molar-refractivity contribution in [1.29, 1.82) is 0 Å². The van der Waals surface area contributed by atoms with E-state index in [1.165, 1.54) is 29.2 Å². The molecule has 0 N–H and O–H groups in total. The van der Waals surface area contributed by atoms with E-state index in [0.717, 1.165) is 16.6 Å². The van der Waals surface area contributed by atoms with Crippen LogP contribution < -0.4 is 0 Å². The number of hydrogen-bond donors (Lipinski definition) is 0. The van der Waals surface area contributed by atoms with Gasteiger partial charge in [0.2, 0.25) is 5.03 Å². The molecule has 10 nitrogen and oxygen atoms in total. The summed E-state index contributed by atoms with van der Waals surface area (Å²) in [5, 5.41) is 11.9. The maximum Gasteiger partial charge on any atom is 0.416 e. The Morgan fingerprint density at radius 1 is 1.14 bits per heavy atom. The van der Waals surface area contributed by atoms with Crippen LogP contribution in [0.4, 0.5) is 17.6 Å². The second-order valence-corrected chi connectivity index (χ2v) is 12.4. The Hall–Kier alpha value is -4.24. The number of rotatable bonds is 7. The van der Waals surface area contributed by atoms with Crippen LogP contribution >= 0.6 is 0 Å². The molecule has 6 rings (SSSR count). The average Bonchev–Trinajstić information content (AvgIpc) is 3.63. The summed E-state index contributed by atoms with van der Waals surface area (Å²) >= 11 is 0. The summed E-state index contributed by atoms with van der Waals surface area (Å²) in [4.78, 5) is 18.2. The first kappa shape index (κ1) is 28.9. The number of hydrogen-bond acceptors (Lipinski definition) is 7. The number of carbonyl (C=O) groups is 1. The first-order valence-electron chi connectivity index (χ1n) is 13.4. The monoisotopic (exact) mass is 615 g/mol. The summed E-state index contributed by atoms with van der Waals surface area (Å²) in [6.45, 7) is 2.01. The van der Waals surface area contributed by atoms with E-state index in [-0.39, 0.29) is 31.0 Å². The molecule has 4 heterocycles. The lowest BCUT2D eigenvalue weighted by molar-refractivity contribution is -0.137. The van der Waals surface area contributed by atoms with E-state index in [0.29, 0.717) is 41.5 Å². The summed E-state index contributed by atoms with van der Waals surface area (Å²) in [6.07, 6.45) is 1.54. The third-order valence-electron chi connectivity index (χ3n) is 7.78. The van der Waals surface area contributed by atoms with Crippen molar-refractivity contribution in [3.63, 3.8) is 0 Å². The van der Waals surface area contributed by atoms with Crippen molar-refractivity contribution >= 4 is 21.9 Å². The van der Waals surface area contributed by atoms with E-state index in [1.54, 1.807) is 22.9 Å². The van der Waals surface area contributed by atoms with Gasteiger partial charge in [0.05, 0.1) is 34.8 Å². The minimum atomic E-state index is -4.71. The smallest absolute Gasteiger partial charge is 0.291 e.